The quantitative estimate of drug-likeness (QED) is 0.616. The molecule has 2 rings (SSSR count). The van der Waals surface area contributed by atoms with E-state index in [0.717, 1.165) is 5.56 Å². The van der Waals surface area contributed by atoms with Gasteiger partial charge >= 0.3 is 5.88 Å². The third kappa shape index (κ3) is 1.80. The zero-order valence-electron chi connectivity index (χ0n) is 8.53. The highest BCUT2D eigenvalue weighted by Gasteiger charge is 2.18. The van der Waals surface area contributed by atoms with Gasteiger partial charge in [-0.25, -0.2) is 0 Å². The molecule has 2 aromatic heterocycles. The van der Waals surface area contributed by atoms with Crippen LogP contribution in [0.15, 0.2) is 28.9 Å². The molecule has 0 aromatic carbocycles. The Balaban J connectivity index is 2.26. The van der Waals surface area contributed by atoms with E-state index in [9.17, 15) is 10.1 Å². The molecule has 0 saturated carbocycles. The lowest BCUT2D eigenvalue weighted by Gasteiger charge is -2.03. The molecule has 1 unspecified atom stereocenters. The summed E-state index contributed by atoms with van der Waals surface area (Å²) in [5, 5.41) is 14.4. The molecule has 2 N–H and O–H groups in total. The minimum atomic E-state index is -0.598. The number of furan rings is 1. The molecule has 0 fully saturated rings. The first-order chi connectivity index (χ1) is 7.58. The lowest BCUT2D eigenvalue weighted by atomic mass is 10.1. The van der Waals surface area contributed by atoms with Gasteiger partial charge in [-0.1, -0.05) is 0 Å². The normalized spacial score (nSPS) is 12.6. The second kappa shape index (κ2) is 3.78. The lowest BCUT2D eigenvalue weighted by Crippen LogP contribution is -2.09. The number of nitrogens with two attached hydrogens (primary N) is 1. The molecule has 0 saturated heterocycles. The molecular formula is C9H10N4O3. The highest BCUT2D eigenvalue weighted by Crippen LogP contribution is 2.24. The van der Waals surface area contributed by atoms with Crippen molar-refractivity contribution in [3.05, 3.63) is 46.0 Å². The van der Waals surface area contributed by atoms with Crippen LogP contribution >= 0.6 is 0 Å². The summed E-state index contributed by atoms with van der Waals surface area (Å²) in [6.07, 6.45) is 3.33. The van der Waals surface area contributed by atoms with Gasteiger partial charge < -0.3 is 10.2 Å². The third-order valence-corrected chi connectivity index (χ3v) is 2.18. The fourth-order valence-electron chi connectivity index (χ4n) is 1.37. The average molecular weight is 222 g/mol. The molecule has 0 aliphatic rings. The number of rotatable bonds is 3. The molecule has 2 aromatic rings. The van der Waals surface area contributed by atoms with Crippen molar-refractivity contribution in [1.82, 2.24) is 9.78 Å². The van der Waals surface area contributed by atoms with Crippen molar-refractivity contribution in [1.29, 1.82) is 0 Å². The largest absolute Gasteiger partial charge is 0.433 e. The Morgan fingerprint density at radius 3 is 2.88 bits per heavy atom. The van der Waals surface area contributed by atoms with Crippen LogP contribution in [0.1, 0.15) is 17.4 Å². The molecule has 7 heteroatoms. The van der Waals surface area contributed by atoms with Crippen molar-refractivity contribution in [2.24, 2.45) is 12.8 Å². The van der Waals surface area contributed by atoms with Gasteiger partial charge in [-0.15, -0.1) is 0 Å². The maximum Gasteiger partial charge on any atom is 0.433 e. The summed E-state index contributed by atoms with van der Waals surface area (Å²) in [5.74, 6) is 0.0361. The van der Waals surface area contributed by atoms with Gasteiger partial charge in [0, 0.05) is 18.8 Å². The van der Waals surface area contributed by atoms with E-state index in [-0.39, 0.29) is 5.88 Å². The second-order valence-electron chi connectivity index (χ2n) is 3.36. The maximum absolute atomic E-state index is 10.4. The van der Waals surface area contributed by atoms with Gasteiger partial charge in [-0.2, -0.15) is 5.10 Å². The number of hydrogen-bond donors (Lipinski definition) is 1. The molecule has 0 spiro atoms. The molecular weight excluding hydrogens is 212 g/mol. The van der Waals surface area contributed by atoms with Crippen LogP contribution in [-0.4, -0.2) is 14.7 Å². The first-order valence-electron chi connectivity index (χ1n) is 4.56. The summed E-state index contributed by atoms with van der Waals surface area (Å²) in [6, 6.07) is 2.24. The van der Waals surface area contributed by atoms with Gasteiger partial charge in [0.1, 0.15) is 10.7 Å². The number of nitro groups is 1. The second-order valence-corrected chi connectivity index (χ2v) is 3.36. The van der Waals surface area contributed by atoms with Gasteiger partial charge in [-0.05, 0) is 6.07 Å². The van der Waals surface area contributed by atoms with Gasteiger partial charge in [0.2, 0.25) is 0 Å². The minimum Gasteiger partial charge on any atom is -0.404 e. The number of aryl methyl sites for hydroxylation is 1. The van der Waals surface area contributed by atoms with E-state index in [2.05, 4.69) is 5.10 Å². The van der Waals surface area contributed by atoms with Crippen molar-refractivity contribution in [2.45, 2.75) is 6.04 Å². The number of hydrogen-bond acceptors (Lipinski definition) is 5. The zero-order chi connectivity index (χ0) is 11.7. The van der Waals surface area contributed by atoms with E-state index in [0.29, 0.717) is 5.76 Å². The lowest BCUT2D eigenvalue weighted by molar-refractivity contribution is -0.402. The molecule has 0 radical (unpaired) electrons. The predicted molar refractivity (Wildman–Crippen MR) is 54.6 cm³/mol. The standard InChI is InChI=1S/C9H10N4O3/c1-12-5-6(4-11-12)9(10)7-2-3-8(16-7)13(14)15/h2-5,9H,10H2,1H3. The summed E-state index contributed by atoms with van der Waals surface area (Å²) in [7, 11) is 1.76. The SMILES string of the molecule is Cn1cc(C(N)c2ccc([N+](=O)[O-])o2)cn1. The topological polar surface area (TPSA) is 100 Å². The highest BCUT2D eigenvalue weighted by molar-refractivity contribution is 5.26. The van der Waals surface area contributed by atoms with Crippen molar-refractivity contribution in [3.8, 4) is 0 Å². The monoisotopic (exact) mass is 222 g/mol. The number of nitrogens with zero attached hydrogens (tertiary/aromatic N) is 3. The molecule has 2 heterocycles. The van der Waals surface area contributed by atoms with E-state index in [1.54, 1.807) is 24.1 Å². The highest BCUT2D eigenvalue weighted by atomic mass is 16.6. The summed E-state index contributed by atoms with van der Waals surface area (Å²) < 4.78 is 6.61. The Labute approximate surface area is 90.6 Å². The maximum atomic E-state index is 10.4. The summed E-state index contributed by atoms with van der Waals surface area (Å²) in [4.78, 5) is 9.83. The Kier molecular flexibility index (Phi) is 2.45. The zero-order valence-corrected chi connectivity index (χ0v) is 8.53. The van der Waals surface area contributed by atoms with Crippen LogP contribution < -0.4 is 5.73 Å². The smallest absolute Gasteiger partial charge is 0.404 e. The first kappa shape index (κ1) is 10.4. The van der Waals surface area contributed by atoms with Gasteiger partial charge in [0.15, 0.2) is 0 Å². The molecule has 0 amide bonds. The Hall–Kier alpha value is -2.15. The molecule has 0 aliphatic heterocycles. The summed E-state index contributed by atoms with van der Waals surface area (Å²) >= 11 is 0. The van der Waals surface area contributed by atoms with E-state index in [1.165, 1.54) is 12.1 Å². The van der Waals surface area contributed by atoms with E-state index in [4.69, 9.17) is 10.2 Å². The van der Waals surface area contributed by atoms with E-state index in [1.807, 2.05) is 0 Å². The third-order valence-electron chi connectivity index (χ3n) is 2.18. The fraction of sp³-hybridized carbons (Fsp3) is 0.222. The molecule has 84 valence electrons. The van der Waals surface area contributed by atoms with Crippen molar-refractivity contribution >= 4 is 5.88 Å². The van der Waals surface area contributed by atoms with Crippen LogP contribution in [0.4, 0.5) is 5.88 Å². The average Bonchev–Trinajstić information content (AvgIpc) is 2.84. The van der Waals surface area contributed by atoms with Crippen molar-refractivity contribution < 1.29 is 9.34 Å². The van der Waals surface area contributed by atoms with Crippen molar-refractivity contribution in [2.75, 3.05) is 0 Å². The number of aromatic nitrogens is 2. The van der Waals surface area contributed by atoms with Gasteiger partial charge in [0.25, 0.3) is 0 Å². The van der Waals surface area contributed by atoms with Crippen LogP contribution in [0.3, 0.4) is 0 Å². The molecule has 7 nitrogen and oxygen atoms in total. The Morgan fingerprint density at radius 2 is 2.38 bits per heavy atom. The van der Waals surface area contributed by atoms with Crippen molar-refractivity contribution in [3.63, 3.8) is 0 Å². The van der Waals surface area contributed by atoms with E-state index < -0.39 is 11.0 Å². The van der Waals surface area contributed by atoms with Crippen LogP contribution in [0.2, 0.25) is 0 Å². The van der Waals surface area contributed by atoms with Gasteiger partial charge in [-0.3, -0.25) is 14.8 Å². The fourth-order valence-corrected chi connectivity index (χ4v) is 1.37. The molecule has 0 aliphatic carbocycles. The van der Waals surface area contributed by atoms with Crippen LogP contribution in [-0.2, 0) is 7.05 Å². The van der Waals surface area contributed by atoms with Crippen LogP contribution in [0, 0.1) is 10.1 Å². The Bertz CT molecular complexity index is 516. The Morgan fingerprint density at radius 1 is 1.62 bits per heavy atom. The first-order valence-corrected chi connectivity index (χ1v) is 4.56. The predicted octanol–water partition coefficient (Wildman–Crippen LogP) is 0.969. The minimum absolute atomic E-state index is 0.311. The molecule has 0 bridgehead atoms. The molecule has 16 heavy (non-hydrogen) atoms. The summed E-state index contributed by atoms with van der Waals surface area (Å²) in [5.41, 5.74) is 6.62. The summed E-state index contributed by atoms with van der Waals surface area (Å²) in [6.45, 7) is 0. The van der Waals surface area contributed by atoms with Crippen LogP contribution in [0.5, 0.6) is 0 Å². The van der Waals surface area contributed by atoms with E-state index >= 15 is 0 Å². The van der Waals surface area contributed by atoms with Crippen LogP contribution in [0.25, 0.3) is 0 Å². The van der Waals surface area contributed by atoms with Gasteiger partial charge in [0.05, 0.1) is 18.3 Å². The molecule has 1 atom stereocenters.